The average Bonchev–Trinajstić information content (AvgIpc) is 2.94. The lowest BCUT2D eigenvalue weighted by Gasteiger charge is -2.47. The van der Waals surface area contributed by atoms with Crippen molar-refractivity contribution >= 4 is 11.9 Å². The summed E-state index contributed by atoms with van der Waals surface area (Å²) >= 11 is 0. The van der Waals surface area contributed by atoms with Gasteiger partial charge in [-0.3, -0.25) is 0 Å². The molecule has 0 unspecified atom stereocenters. The van der Waals surface area contributed by atoms with Gasteiger partial charge in [0.1, 0.15) is 6.10 Å². The zero-order chi connectivity index (χ0) is 30.7. The first-order chi connectivity index (χ1) is 20.0. The van der Waals surface area contributed by atoms with E-state index in [4.69, 9.17) is 19.3 Å². The molecule has 2 saturated heterocycles. The van der Waals surface area contributed by atoms with E-state index in [1.165, 1.54) is 6.08 Å². The molecule has 3 rings (SSSR count). The molecule has 3 aliphatic rings. The van der Waals surface area contributed by atoms with Crippen LogP contribution in [0.15, 0.2) is 72.4 Å². The van der Waals surface area contributed by atoms with E-state index >= 15 is 0 Å². The van der Waals surface area contributed by atoms with Gasteiger partial charge < -0.3 is 34.6 Å². The Morgan fingerprint density at radius 3 is 2.67 bits per heavy atom. The van der Waals surface area contributed by atoms with E-state index in [2.05, 4.69) is 6.08 Å². The third-order valence-electron chi connectivity index (χ3n) is 8.31. The number of aliphatic hydroxyl groups excluding tert-OH is 3. The summed E-state index contributed by atoms with van der Waals surface area (Å²) in [6, 6.07) is 0. The van der Waals surface area contributed by atoms with Crippen molar-refractivity contribution in [2.24, 2.45) is 11.3 Å². The Hall–Kier alpha value is -2.82. The smallest absolute Gasteiger partial charge is 0.332 e. The summed E-state index contributed by atoms with van der Waals surface area (Å²) in [5.74, 6) is -1.86. The number of hydrogen-bond acceptors (Lipinski definition) is 8. The van der Waals surface area contributed by atoms with Gasteiger partial charge in [0.2, 0.25) is 0 Å². The van der Waals surface area contributed by atoms with Crippen molar-refractivity contribution in [3.8, 4) is 0 Å². The second kappa shape index (κ2) is 16.1. The number of carbonyl (C=O) groups is 2. The van der Waals surface area contributed by atoms with E-state index in [1.807, 2.05) is 51.2 Å². The molecule has 0 saturated carbocycles. The molecular formula is C33H46O9. The number of aliphatic hydroxyl groups is 3. The molecule has 0 radical (unpaired) electrons. The van der Waals surface area contributed by atoms with E-state index < -0.39 is 41.8 Å². The molecule has 42 heavy (non-hydrogen) atoms. The first-order valence-corrected chi connectivity index (χ1v) is 14.7. The third-order valence-corrected chi connectivity index (χ3v) is 8.31. The number of rotatable bonds is 6. The van der Waals surface area contributed by atoms with Gasteiger partial charge in [0.25, 0.3) is 0 Å². The lowest BCUT2D eigenvalue weighted by Crippen LogP contribution is -2.55. The van der Waals surface area contributed by atoms with Crippen molar-refractivity contribution in [2.75, 3.05) is 6.61 Å². The lowest BCUT2D eigenvalue weighted by atomic mass is 9.73. The molecular weight excluding hydrogens is 540 g/mol. The first kappa shape index (κ1) is 33.7. The minimum atomic E-state index is -1.49. The Labute approximate surface area is 248 Å². The van der Waals surface area contributed by atoms with Crippen molar-refractivity contribution in [1.82, 2.24) is 0 Å². The molecule has 0 aromatic heterocycles. The number of fused-ring (bicyclic) bond motifs is 4. The zero-order valence-corrected chi connectivity index (χ0v) is 24.7. The van der Waals surface area contributed by atoms with Crippen LogP contribution in [-0.4, -0.2) is 81.7 Å². The van der Waals surface area contributed by atoms with Crippen LogP contribution in [0, 0.1) is 11.3 Å². The predicted molar refractivity (Wildman–Crippen MR) is 158 cm³/mol. The number of carboxylic acid groups (broad SMARTS) is 1. The number of aliphatic carboxylic acids is 1. The van der Waals surface area contributed by atoms with Gasteiger partial charge in [0, 0.05) is 31.3 Å². The van der Waals surface area contributed by atoms with E-state index in [1.54, 1.807) is 24.3 Å². The van der Waals surface area contributed by atoms with Crippen molar-refractivity contribution in [3.05, 3.63) is 72.4 Å². The van der Waals surface area contributed by atoms with Crippen LogP contribution in [0.2, 0.25) is 0 Å². The Kier molecular flexibility index (Phi) is 12.9. The number of allylic oxidation sites excluding steroid dienone is 6. The SMILES string of the molecule is CC1=C/[C@H]2O[C@@H](C/C=C/C=C/C(=O)O[C@@H]3C[C@@H](/C=C/C\C=C\1)O[C@@H](C/C=C\C[C@H](O)C(=O)O)[C@]3(C)CO)C[C@H](O)[C@H]2C. The van der Waals surface area contributed by atoms with Crippen LogP contribution in [0.25, 0.3) is 0 Å². The normalized spacial score (nSPS) is 39.7. The van der Waals surface area contributed by atoms with Gasteiger partial charge in [-0.15, -0.1) is 0 Å². The van der Waals surface area contributed by atoms with Crippen LogP contribution in [-0.2, 0) is 23.8 Å². The summed E-state index contributed by atoms with van der Waals surface area (Å²) in [6.45, 7) is 5.52. The van der Waals surface area contributed by atoms with Gasteiger partial charge in [-0.05, 0) is 26.2 Å². The molecule has 0 amide bonds. The minimum absolute atomic E-state index is 0.0213. The van der Waals surface area contributed by atoms with Crippen LogP contribution < -0.4 is 0 Å². The molecule has 2 fully saturated rings. The Morgan fingerprint density at radius 1 is 1.14 bits per heavy atom. The molecule has 4 bridgehead atoms. The van der Waals surface area contributed by atoms with E-state index in [0.717, 1.165) is 5.57 Å². The van der Waals surface area contributed by atoms with Gasteiger partial charge in [0.05, 0.1) is 42.5 Å². The van der Waals surface area contributed by atoms with Gasteiger partial charge in [-0.25, -0.2) is 9.59 Å². The van der Waals surface area contributed by atoms with Crippen LogP contribution in [0.3, 0.4) is 0 Å². The summed E-state index contributed by atoms with van der Waals surface area (Å²) in [4.78, 5) is 23.7. The lowest BCUT2D eigenvalue weighted by molar-refractivity contribution is -0.198. The molecule has 0 spiro atoms. The maximum absolute atomic E-state index is 12.8. The maximum atomic E-state index is 12.8. The quantitative estimate of drug-likeness (QED) is 0.269. The molecule has 9 heteroatoms. The standard InChI is InChI=1S/C33H46O9/c1-22-12-6-4-7-14-25-20-30(33(3,21-34)29(41-25)16-11-10-15-26(35)32(38)39)42-31(37)17-9-5-8-13-24-19-27(36)23(2)28(18-22)40-24/h5-12,14,17-18,23-30,34-36H,4,13,15-16,19-21H2,1-3H3,(H,38,39)/b8-5+,11-10-,12-6+,14-7+,17-9+,22-18-/t23-,24+,25-,26+,27+,28-,29+,30-,33+/m1/s1. The van der Waals surface area contributed by atoms with Crippen molar-refractivity contribution in [2.45, 2.75) is 102 Å². The van der Waals surface area contributed by atoms with E-state index in [9.17, 15) is 24.9 Å². The monoisotopic (exact) mass is 586 g/mol. The van der Waals surface area contributed by atoms with E-state index in [-0.39, 0.29) is 37.3 Å². The Morgan fingerprint density at radius 2 is 1.93 bits per heavy atom. The van der Waals surface area contributed by atoms with Crippen LogP contribution in [0.4, 0.5) is 0 Å². The largest absolute Gasteiger partial charge is 0.479 e. The molecule has 0 aromatic carbocycles. The Bertz CT molecular complexity index is 1090. The summed E-state index contributed by atoms with van der Waals surface area (Å²) in [7, 11) is 0. The number of ether oxygens (including phenoxy) is 3. The van der Waals surface area contributed by atoms with Gasteiger partial charge in [-0.1, -0.05) is 80.2 Å². The minimum Gasteiger partial charge on any atom is -0.479 e. The summed E-state index contributed by atoms with van der Waals surface area (Å²) in [5, 5.41) is 39.4. The predicted octanol–water partition coefficient (Wildman–Crippen LogP) is 3.96. The van der Waals surface area contributed by atoms with Crippen molar-refractivity contribution in [1.29, 1.82) is 0 Å². The Balaban J connectivity index is 1.82. The second-order valence-electron chi connectivity index (χ2n) is 11.7. The highest BCUT2D eigenvalue weighted by Crippen LogP contribution is 2.41. The summed E-state index contributed by atoms with van der Waals surface area (Å²) < 4.78 is 18.5. The van der Waals surface area contributed by atoms with Gasteiger partial charge >= 0.3 is 11.9 Å². The zero-order valence-electron chi connectivity index (χ0n) is 24.7. The fraction of sp³-hybridized carbons (Fsp3) is 0.576. The fourth-order valence-electron chi connectivity index (χ4n) is 5.44. The molecule has 3 aliphatic heterocycles. The third kappa shape index (κ3) is 9.61. The number of carbonyl (C=O) groups excluding carboxylic acids is 1. The molecule has 3 heterocycles. The van der Waals surface area contributed by atoms with Crippen molar-refractivity contribution in [3.63, 3.8) is 0 Å². The highest BCUT2D eigenvalue weighted by Gasteiger charge is 2.49. The van der Waals surface area contributed by atoms with Crippen LogP contribution in [0.1, 0.15) is 59.3 Å². The first-order valence-electron chi connectivity index (χ1n) is 14.7. The van der Waals surface area contributed by atoms with Crippen molar-refractivity contribution < 1.29 is 44.2 Å². The second-order valence-corrected chi connectivity index (χ2v) is 11.7. The van der Waals surface area contributed by atoms with Gasteiger partial charge in [0.15, 0.2) is 6.10 Å². The fourth-order valence-corrected chi connectivity index (χ4v) is 5.44. The molecule has 232 valence electrons. The molecule has 9 atom stereocenters. The topological polar surface area (TPSA) is 143 Å². The molecule has 0 aromatic rings. The molecule has 9 nitrogen and oxygen atoms in total. The molecule has 0 aliphatic carbocycles. The maximum Gasteiger partial charge on any atom is 0.332 e. The van der Waals surface area contributed by atoms with E-state index in [0.29, 0.717) is 32.1 Å². The highest BCUT2D eigenvalue weighted by atomic mass is 16.6. The van der Waals surface area contributed by atoms with Gasteiger partial charge in [-0.2, -0.15) is 0 Å². The summed E-state index contributed by atoms with van der Waals surface area (Å²) in [5.41, 5.74) is 0.130. The average molecular weight is 587 g/mol. The molecule has 4 N–H and O–H groups in total. The van der Waals surface area contributed by atoms with Crippen LogP contribution >= 0.6 is 0 Å². The number of carboxylic acids is 1. The highest BCUT2D eigenvalue weighted by molar-refractivity contribution is 5.82. The van der Waals surface area contributed by atoms with Crippen LogP contribution in [0.5, 0.6) is 0 Å². The number of esters is 1. The summed E-state index contributed by atoms with van der Waals surface area (Å²) in [6.07, 6.45) is 18.5. The number of hydrogen-bond donors (Lipinski definition) is 4.